The van der Waals surface area contributed by atoms with Crippen molar-refractivity contribution in [2.75, 3.05) is 11.9 Å². The Morgan fingerprint density at radius 1 is 1.21 bits per heavy atom. The van der Waals surface area contributed by atoms with Gasteiger partial charge >= 0.3 is 0 Å². The number of benzene rings is 1. The van der Waals surface area contributed by atoms with Crippen molar-refractivity contribution in [3.63, 3.8) is 0 Å². The molecule has 0 unspecified atom stereocenters. The second-order valence-corrected chi connectivity index (χ2v) is 3.73. The Morgan fingerprint density at radius 2 is 2.07 bits per heavy atom. The van der Waals surface area contributed by atoms with Crippen LogP contribution in [-0.2, 0) is 0 Å². The summed E-state index contributed by atoms with van der Waals surface area (Å²) in [5.41, 5.74) is 2.47. The third-order valence-electron chi connectivity index (χ3n) is 2.55. The molecule has 2 nitrogen and oxygen atoms in total. The number of anilines is 1. The van der Waals surface area contributed by atoms with Gasteiger partial charge in [0.2, 0.25) is 0 Å². The highest BCUT2D eigenvalue weighted by molar-refractivity contribution is 5.96. The van der Waals surface area contributed by atoms with Gasteiger partial charge in [0.1, 0.15) is 5.84 Å². The Kier molecular flexibility index (Phi) is 2.82. The average Bonchev–Trinajstić information content (AvgIpc) is 2.23. The van der Waals surface area contributed by atoms with Crippen LogP contribution in [-0.4, -0.2) is 12.4 Å². The van der Waals surface area contributed by atoms with Gasteiger partial charge in [-0.15, -0.1) is 0 Å². The molecule has 1 heterocycles. The average molecular weight is 188 g/mol. The highest BCUT2D eigenvalue weighted by Crippen LogP contribution is 2.15. The zero-order chi connectivity index (χ0) is 9.80. The first-order valence-corrected chi connectivity index (χ1v) is 5.22. The van der Waals surface area contributed by atoms with E-state index in [1.54, 1.807) is 0 Å². The molecule has 2 heteroatoms. The molecule has 1 aromatic rings. The first kappa shape index (κ1) is 9.25. The van der Waals surface area contributed by atoms with Gasteiger partial charge in [0, 0.05) is 18.7 Å². The number of aryl methyl sites for hydroxylation is 1. The SMILES string of the molecule is Cc1ccccc1NC1=NCCCC1. The van der Waals surface area contributed by atoms with E-state index in [1.165, 1.54) is 24.1 Å². The lowest BCUT2D eigenvalue weighted by Gasteiger charge is -2.15. The van der Waals surface area contributed by atoms with Crippen LogP contribution in [0.4, 0.5) is 5.69 Å². The Labute approximate surface area is 85.1 Å². The summed E-state index contributed by atoms with van der Waals surface area (Å²) in [5.74, 6) is 1.14. The predicted molar refractivity (Wildman–Crippen MR) is 61.0 cm³/mol. The molecule has 14 heavy (non-hydrogen) atoms. The molecule has 1 aliphatic heterocycles. The number of hydrogen-bond donors (Lipinski definition) is 1. The molecular weight excluding hydrogens is 172 g/mol. The minimum atomic E-state index is 0.980. The van der Waals surface area contributed by atoms with Crippen LogP contribution in [0.25, 0.3) is 0 Å². The van der Waals surface area contributed by atoms with E-state index in [2.05, 4.69) is 41.5 Å². The Bertz CT molecular complexity index is 342. The topological polar surface area (TPSA) is 24.4 Å². The van der Waals surface area contributed by atoms with Gasteiger partial charge in [-0.2, -0.15) is 0 Å². The van der Waals surface area contributed by atoms with Crippen LogP contribution in [0, 0.1) is 6.92 Å². The molecule has 0 radical (unpaired) electrons. The van der Waals surface area contributed by atoms with E-state index in [9.17, 15) is 0 Å². The van der Waals surface area contributed by atoms with E-state index < -0.39 is 0 Å². The van der Waals surface area contributed by atoms with Gasteiger partial charge in [0.15, 0.2) is 0 Å². The van der Waals surface area contributed by atoms with Crippen molar-refractivity contribution in [1.82, 2.24) is 0 Å². The largest absolute Gasteiger partial charge is 0.344 e. The van der Waals surface area contributed by atoms with Gasteiger partial charge < -0.3 is 5.32 Å². The summed E-state index contributed by atoms with van der Waals surface area (Å²) in [6.07, 6.45) is 3.59. The number of nitrogens with one attached hydrogen (secondary N) is 1. The van der Waals surface area contributed by atoms with E-state index in [0.717, 1.165) is 18.8 Å². The predicted octanol–water partition coefficient (Wildman–Crippen LogP) is 2.99. The zero-order valence-corrected chi connectivity index (χ0v) is 8.59. The van der Waals surface area contributed by atoms with Crippen LogP contribution < -0.4 is 5.32 Å². The van der Waals surface area contributed by atoms with Crippen molar-refractivity contribution in [1.29, 1.82) is 0 Å². The van der Waals surface area contributed by atoms with Gasteiger partial charge in [-0.3, -0.25) is 4.99 Å². The van der Waals surface area contributed by atoms with E-state index in [4.69, 9.17) is 0 Å². The number of aliphatic imine (C=N–C) groups is 1. The molecule has 1 N–H and O–H groups in total. The van der Waals surface area contributed by atoms with Crippen molar-refractivity contribution < 1.29 is 0 Å². The lowest BCUT2D eigenvalue weighted by molar-refractivity contribution is 0.737. The Morgan fingerprint density at radius 3 is 2.79 bits per heavy atom. The molecule has 0 aliphatic carbocycles. The maximum absolute atomic E-state index is 4.47. The third kappa shape index (κ3) is 2.13. The van der Waals surface area contributed by atoms with Gasteiger partial charge in [-0.25, -0.2) is 0 Å². The fourth-order valence-corrected chi connectivity index (χ4v) is 1.67. The second kappa shape index (κ2) is 4.27. The lowest BCUT2D eigenvalue weighted by Crippen LogP contribution is -2.16. The molecular formula is C12H16N2. The second-order valence-electron chi connectivity index (χ2n) is 3.73. The summed E-state index contributed by atoms with van der Waals surface area (Å²) >= 11 is 0. The maximum atomic E-state index is 4.47. The number of para-hydroxylation sites is 1. The van der Waals surface area contributed by atoms with Crippen molar-refractivity contribution in [3.8, 4) is 0 Å². The number of rotatable bonds is 1. The molecule has 0 saturated carbocycles. The van der Waals surface area contributed by atoms with E-state index >= 15 is 0 Å². The van der Waals surface area contributed by atoms with Gasteiger partial charge in [-0.05, 0) is 31.4 Å². The number of nitrogens with zero attached hydrogens (tertiary/aromatic N) is 1. The number of amidine groups is 1. The highest BCUT2D eigenvalue weighted by atomic mass is 15.0. The summed E-state index contributed by atoms with van der Waals surface area (Å²) in [6.45, 7) is 3.10. The third-order valence-corrected chi connectivity index (χ3v) is 2.55. The van der Waals surface area contributed by atoms with Crippen molar-refractivity contribution in [2.45, 2.75) is 26.2 Å². The van der Waals surface area contributed by atoms with E-state index in [0.29, 0.717) is 0 Å². The normalized spacial score (nSPS) is 16.2. The molecule has 0 aromatic heterocycles. The fourth-order valence-electron chi connectivity index (χ4n) is 1.67. The Balaban J connectivity index is 2.10. The zero-order valence-electron chi connectivity index (χ0n) is 8.59. The van der Waals surface area contributed by atoms with Crippen molar-refractivity contribution in [2.24, 2.45) is 4.99 Å². The minimum absolute atomic E-state index is 0.980. The summed E-state index contributed by atoms with van der Waals surface area (Å²) in [7, 11) is 0. The first-order valence-electron chi connectivity index (χ1n) is 5.22. The molecule has 2 rings (SSSR count). The summed E-state index contributed by atoms with van der Waals surface area (Å²) in [5, 5.41) is 3.40. The summed E-state index contributed by atoms with van der Waals surface area (Å²) in [4.78, 5) is 4.47. The summed E-state index contributed by atoms with van der Waals surface area (Å²) < 4.78 is 0. The monoisotopic (exact) mass is 188 g/mol. The molecule has 1 aromatic carbocycles. The standard InChI is InChI=1S/C12H16N2/c1-10-6-2-3-7-11(10)14-12-8-4-5-9-13-12/h2-3,6-7H,4-5,8-9H2,1H3,(H,13,14). The van der Waals surface area contributed by atoms with Crippen LogP contribution in [0.15, 0.2) is 29.3 Å². The molecule has 0 amide bonds. The van der Waals surface area contributed by atoms with Crippen LogP contribution in [0.2, 0.25) is 0 Å². The van der Waals surface area contributed by atoms with Crippen molar-refractivity contribution >= 4 is 11.5 Å². The molecule has 0 spiro atoms. The van der Waals surface area contributed by atoms with Crippen LogP contribution in [0.3, 0.4) is 0 Å². The van der Waals surface area contributed by atoms with Gasteiger partial charge in [0.25, 0.3) is 0 Å². The highest BCUT2D eigenvalue weighted by Gasteiger charge is 2.05. The van der Waals surface area contributed by atoms with E-state index in [1.807, 2.05) is 0 Å². The molecule has 0 saturated heterocycles. The van der Waals surface area contributed by atoms with Crippen LogP contribution in [0.5, 0.6) is 0 Å². The molecule has 1 aliphatic rings. The van der Waals surface area contributed by atoms with Crippen LogP contribution in [0.1, 0.15) is 24.8 Å². The molecule has 0 bridgehead atoms. The quantitative estimate of drug-likeness (QED) is 0.719. The molecule has 0 fully saturated rings. The summed E-state index contributed by atoms with van der Waals surface area (Å²) in [6, 6.07) is 8.33. The van der Waals surface area contributed by atoms with Crippen LogP contribution >= 0.6 is 0 Å². The van der Waals surface area contributed by atoms with Gasteiger partial charge in [0.05, 0.1) is 0 Å². The number of hydrogen-bond acceptors (Lipinski definition) is 2. The lowest BCUT2D eigenvalue weighted by atomic mass is 10.1. The molecule has 0 atom stereocenters. The fraction of sp³-hybridized carbons (Fsp3) is 0.417. The van der Waals surface area contributed by atoms with Crippen molar-refractivity contribution in [3.05, 3.63) is 29.8 Å². The smallest absolute Gasteiger partial charge is 0.101 e. The minimum Gasteiger partial charge on any atom is -0.344 e. The first-order chi connectivity index (χ1) is 6.86. The maximum Gasteiger partial charge on any atom is 0.101 e. The van der Waals surface area contributed by atoms with E-state index in [-0.39, 0.29) is 0 Å². The Hall–Kier alpha value is -1.31. The van der Waals surface area contributed by atoms with Gasteiger partial charge in [-0.1, -0.05) is 18.2 Å². The molecule has 74 valence electrons.